The predicted octanol–water partition coefficient (Wildman–Crippen LogP) is 6.56. The highest BCUT2D eigenvalue weighted by Gasteiger charge is 2.17. The summed E-state index contributed by atoms with van der Waals surface area (Å²) in [6, 6.07) is 13.8. The van der Waals surface area contributed by atoms with Gasteiger partial charge in [-0.25, -0.2) is 0 Å². The summed E-state index contributed by atoms with van der Waals surface area (Å²) in [5, 5.41) is 0.575. The van der Waals surface area contributed by atoms with E-state index in [9.17, 15) is 0 Å². The largest absolute Gasteiger partial charge is 0.456 e. The molecule has 21 heavy (non-hydrogen) atoms. The summed E-state index contributed by atoms with van der Waals surface area (Å²) in [5.41, 5.74) is 2.47. The van der Waals surface area contributed by atoms with Gasteiger partial charge < -0.3 is 4.74 Å². The van der Waals surface area contributed by atoms with Gasteiger partial charge in [-0.15, -0.1) is 11.6 Å². The first kappa shape index (κ1) is 16.2. The first-order valence-electron chi connectivity index (χ1n) is 7.09. The fourth-order valence-corrected chi connectivity index (χ4v) is 2.42. The van der Waals surface area contributed by atoms with Gasteiger partial charge in [0.25, 0.3) is 0 Å². The van der Waals surface area contributed by atoms with Gasteiger partial charge in [-0.1, -0.05) is 50.6 Å². The van der Waals surface area contributed by atoms with Crippen LogP contribution in [0, 0.1) is 0 Å². The number of hydrogen-bond acceptors (Lipinski definition) is 1. The summed E-state index contributed by atoms with van der Waals surface area (Å²) in [4.78, 5) is 0. The van der Waals surface area contributed by atoms with Crippen molar-refractivity contribution in [1.29, 1.82) is 0 Å². The molecule has 0 N–H and O–H groups in total. The van der Waals surface area contributed by atoms with E-state index in [4.69, 9.17) is 27.9 Å². The fourth-order valence-electron chi connectivity index (χ4n) is 2.02. The Kier molecular flexibility index (Phi) is 5.18. The fraction of sp³-hybridized carbons (Fsp3) is 0.333. The Morgan fingerprint density at radius 1 is 1.05 bits per heavy atom. The van der Waals surface area contributed by atoms with E-state index >= 15 is 0 Å². The molecular weight excluding hydrogens is 303 g/mol. The van der Waals surface area contributed by atoms with E-state index in [-0.39, 0.29) is 5.41 Å². The Morgan fingerprint density at radius 3 is 2.24 bits per heavy atom. The van der Waals surface area contributed by atoms with Gasteiger partial charge in [0.15, 0.2) is 0 Å². The summed E-state index contributed by atoms with van der Waals surface area (Å²) in [5.74, 6) is 1.88. The van der Waals surface area contributed by atoms with Crippen LogP contribution < -0.4 is 4.74 Å². The predicted molar refractivity (Wildman–Crippen MR) is 90.8 cm³/mol. The van der Waals surface area contributed by atoms with Crippen molar-refractivity contribution >= 4 is 23.2 Å². The number of rotatable bonds is 5. The first-order chi connectivity index (χ1) is 9.96. The molecule has 0 aliphatic carbocycles. The highest BCUT2D eigenvalue weighted by molar-refractivity contribution is 6.32. The van der Waals surface area contributed by atoms with Crippen LogP contribution in [0.3, 0.4) is 0 Å². The summed E-state index contributed by atoms with van der Waals surface area (Å²) in [7, 11) is 0. The standard InChI is InChI=1S/C18H20Cl2O/c1-4-18(2,3)14-6-8-15(9-7-14)21-17-10-5-13(12-19)11-16(17)20/h5-11H,4,12H2,1-3H3. The average molecular weight is 323 g/mol. The Morgan fingerprint density at radius 2 is 1.71 bits per heavy atom. The molecule has 0 unspecified atom stereocenters. The topological polar surface area (TPSA) is 9.23 Å². The zero-order chi connectivity index (χ0) is 15.5. The highest BCUT2D eigenvalue weighted by atomic mass is 35.5. The lowest BCUT2D eigenvalue weighted by Crippen LogP contribution is -2.14. The number of halogens is 2. The van der Waals surface area contributed by atoms with E-state index in [1.54, 1.807) is 0 Å². The Labute approximate surface area is 136 Å². The van der Waals surface area contributed by atoms with Crippen molar-refractivity contribution in [1.82, 2.24) is 0 Å². The van der Waals surface area contributed by atoms with Gasteiger partial charge in [0.05, 0.1) is 5.02 Å². The summed E-state index contributed by atoms with van der Waals surface area (Å²) >= 11 is 12.0. The van der Waals surface area contributed by atoms with Crippen molar-refractivity contribution in [3.63, 3.8) is 0 Å². The van der Waals surface area contributed by atoms with Crippen LogP contribution in [0.1, 0.15) is 38.3 Å². The van der Waals surface area contributed by atoms with Crippen LogP contribution in [0.5, 0.6) is 11.5 Å². The van der Waals surface area contributed by atoms with Crippen LogP contribution in [0.25, 0.3) is 0 Å². The second-order valence-corrected chi connectivity index (χ2v) is 6.44. The maximum absolute atomic E-state index is 6.20. The molecule has 0 atom stereocenters. The van der Waals surface area contributed by atoms with Crippen LogP contribution in [0.15, 0.2) is 42.5 Å². The Bertz CT molecular complexity index is 603. The monoisotopic (exact) mass is 322 g/mol. The van der Waals surface area contributed by atoms with E-state index in [1.165, 1.54) is 5.56 Å². The van der Waals surface area contributed by atoms with Gasteiger partial charge in [-0.05, 0) is 47.2 Å². The number of benzene rings is 2. The molecule has 3 heteroatoms. The number of ether oxygens (including phenoxy) is 1. The molecule has 2 aromatic carbocycles. The molecule has 0 amide bonds. The van der Waals surface area contributed by atoms with Crippen LogP contribution in [0.2, 0.25) is 5.02 Å². The second kappa shape index (κ2) is 6.72. The molecule has 0 saturated carbocycles. The first-order valence-corrected chi connectivity index (χ1v) is 8.00. The van der Waals surface area contributed by atoms with E-state index in [0.29, 0.717) is 16.7 Å². The second-order valence-electron chi connectivity index (χ2n) is 5.76. The van der Waals surface area contributed by atoms with Crippen molar-refractivity contribution in [2.24, 2.45) is 0 Å². The number of alkyl halides is 1. The normalized spacial score (nSPS) is 11.5. The zero-order valence-electron chi connectivity index (χ0n) is 12.6. The van der Waals surface area contributed by atoms with Gasteiger partial charge in [0, 0.05) is 5.88 Å². The van der Waals surface area contributed by atoms with Crippen molar-refractivity contribution < 1.29 is 4.74 Å². The third-order valence-corrected chi connectivity index (χ3v) is 4.50. The maximum Gasteiger partial charge on any atom is 0.146 e. The molecule has 0 aliphatic heterocycles. The molecule has 112 valence electrons. The lowest BCUT2D eigenvalue weighted by molar-refractivity contribution is 0.478. The summed E-state index contributed by atoms with van der Waals surface area (Å²) < 4.78 is 5.83. The Hall–Kier alpha value is -1.18. The zero-order valence-corrected chi connectivity index (χ0v) is 14.1. The molecule has 0 saturated heterocycles. The molecule has 2 rings (SSSR count). The van der Waals surface area contributed by atoms with Gasteiger partial charge in [-0.2, -0.15) is 0 Å². The molecule has 0 spiro atoms. The molecule has 0 bridgehead atoms. The van der Waals surface area contributed by atoms with Gasteiger partial charge >= 0.3 is 0 Å². The van der Waals surface area contributed by atoms with Crippen molar-refractivity contribution in [2.75, 3.05) is 0 Å². The van der Waals surface area contributed by atoms with Crippen molar-refractivity contribution in [3.8, 4) is 11.5 Å². The summed E-state index contributed by atoms with van der Waals surface area (Å²) in [6.45, 7) is 6.68. The van der Waals surface area contributed by atoms with E-state index < -0.39 is 0 Å². The van der Waals surface area contributed by atoms with E-state index in [1.807, 2.05) is 30.3 Å². The quantitative estimate of drug-likeness (QED) is 0.566. The van der Waals surface area contributed by atoms with Crippen LogP contribution in [-0.4, -0.2) is 0 Å². The molecule has 0 radical (unpaired) electrons. The number of hydrogen-bond donors (Lipinski definition) is 0. The van der Waals surface area contributed by atoms with E-state index in [0.717, 1.165) is 17.7 Å². The molecule has 0 aromatic heterocycles. The summed E-state index contributed by atoms with van der Waals surface area (Å²) in [6.07, 6.45) is 1.10. The van der Waals surface area contributed by atoms with Crippen LogP contribution >= 0.6 is 23.2 Å². The van der Waals surface area contributed by atoms with E-state index in [2.05, 4.69) is 32.9 Å². The molecular formula is C18H20Cl2O. The molecule has 0 aliphatic rings. The third-order valence-electron chi connectivity index (χ3n) is 3.90. The lowest BCUT2D eigenvalue weighted by atomic mass is 9.82. The average Bonchev–Trinajstić information content (AvgIpc) is 2.50. The van der Waals surface area contributed by atoms with Gasteiger partial charge in [-0.3, -0.25) is 0 Å². The molecule has 0 fully saturated rings. The smallest absolute Gasteiger partial charge is 0.146 e. The SMILES string of the molecule is CCC(C)(C)c1ccc(Oc2ccc(CCl)cc2Cl)cc1. The minimum Gasteiger partial charge on any atom is -0.456 e. The minimum absolute atomic E-state index is 0.179. The third kappa shape index (κ3) is 3.93. The minimum atomic E-state index is 0.179. The van der Waals surface area contributed by atoms with Crippen LogP contribution in [-0.2, 0) is 11.3 Å². The maximum atomic E-state index is 6.20. The van der Waals surface area contributed by atoms with Crippen molar-refractivity contribution in [2.45, 2.75) is 38.5 Å². The molecule has 1 nitrogen and oxygen atoms in total. The highest BCUT2D eigenvalue weighted by Crippen LogP contribution is 2.32. The lowest BCUT2D eigenvalue weighted by Gasteiger charge is -2.23. The van der Waals surface area contributed by atoms with Gasteiger partial charge in [0.2, 0.25) is 0 Å². The van der Waals surface area contributed by atoms with Crippen molar-refractivity contribution in [3.05, 3.63) is 58.6 Å². The Balaban J connectivity index is 2.17. The molecule has 2 aromatic rings. The van der Waals surface area contributed by atoms with Gasteiger partial charge in [0.1, 0.15) is 11.5 Å². The molecule has 0 heterocycles. The van der Waals surface area contributed by atoms with Crippen LogP contribution in [0.4, 0.5) is 0 Å².